The van der Waals surface area contributed by atoms with Gasteiger partial charge in [0, 0.05) is 50.5 Å². The Balaban J connectivity index is 1.53. The highest BCUT2D eigenvalue weighted by Crippen LogP contribution is 2.24. The Morgan fingerprint density at radius 3 is 2.34 bits per heavy atom. The summed E-state index contributed by atoms with van der Waals surface area (Å²) in [6.07, 6.45) is 0.0598. The lowest BCUT2D eigenvalue weighted by atomic mass is 10.1. The number of piperazine rings is 1. The molecule has 2 N–H and O–H groups in total. The number of nitrogens with zero attached hydrogens (tertiary/aromatic N) is 2. The van der Waals surface area contributed by atoms with Gasteiger partial charge in [0.25, 0.3) is 0 Å². The predicted molar refractivity (Wildman–Crippen MR) is 130 cm³/mol. The summed E-state index contributed by atoms with van der Waals surface area (Å²) in [6, 6.07) is 11.4. The fourth-order valence-corrected chi connectivity index (χ4v) is 5.25. The standard InChI is InChI=1S/C24H34N4O3S/c1-5-27-12-14-28(15-13-27)21-8-9-22(20(4)17-21)26-24(29)10-11-25-32(30,31)23-16-18(2)6-7-19(23)3/h6-9,16-17,25H,5,10-15H2,1-4H3,(H,26,29). The van der Waals surface area contributed by atoms with Gasteiger partial charge in [-0.25, -0.2) is 13.1 Å². The summed E-state index contributed by atoms with van der Waals surface area (Å²) in [5.41, 5.74) is 4.46. The van der Waals surface area contributed by atoms with E-state index in [1.165, 1.54) is 0 Å². The molecule has 0 radical (unpaired) electrons. The van der Waals surface area contributed by atoms with Crippen molar-refractivity contribution in [1.82, 2.24) is 9.62 Å². The van der Waals surface area contributed by atoms with Gasteiger partial charge in [0.05, 0.1) is 4.90 Å². The minimum atomic E-state index is -3.65. The van der Waals surface area contributed by atoms with Gasteiger partial charge in [0.2, 0.25) is 15.9 Å². The molecule has 0 aliphatic carbocycles. The van der Waals surface area contributed by atoms with E-state index in [-0.39, 0.29) is 23.8 Å². The lowest BCUT2D eigenvalue weighted by molar-refractivity contribution is -0.116. The first-order valence-corrected chi connectivity index (χ1v) is 12.6. The molecule has 32 heavy (non-hydrogen) atoms. The maximum atomic E-state index is 12.6. The van der Waals surface area contributed by atoms with Gasteiger partial charge in [0.1, 0.15) is 0 Å². The number of likely N-dealkylation sites (N-methyl/N-ethyl adjacent to an activating group) is 1. The SMILES string of the molecule is CCN1CCN(c2ccc(NC(=O)CCNS(=O)(=O)c3cc(C)ccc3C)c(C)c2)CC1. The largest absolute Gasteiger partial charge is 0.369 e. The molecular formula is C24H34N4O3S. The first kappa shape index (κ1) is 24.2. The Bertz CT molecular complexity index is 1060. The molecule has 1 amide bonds. The molecule has 1 fully saturated rings. The van der Waals surface area contributed by atoms with Gasteiger partial charge in [-0.05, 0) is 68.3 Å². The van der Waals surface area contributed by atoms with Gasteiger partial charge >= 0.3 is 0 Å². The van der Waals surface area contributed by atoms with E-state index in [2.05, 4.69) is 32.8 Å². The number of benzene rings is 2. The lowest BCUT2D eigenvalue weighted by Crippen LogP contribution is -2.46. The van der Waals surface area contributed by atoms with Crippen molar-refractivity contribution < 1.29 is 13.2 Å². The fraction of sp³-hybridized carbons (Fsp3) is 0.458. The Labute approximate surface area is 191 Å². The quantitative estimate of drug-likeness (QED) is 0.635. The molecule has 1 saturated heterocycles. The second-order valence-corrected chi connectivity index (χ2v) is 10.1. The Morgan fingerprint density at radius 2 is 1.69 bits per heavy atom. The van der Waals surface area contributed by atoms with E-state index in [1.54, 1.807) is 19.1 Å². The van der Waals surface area contributed by atoms with Crippen molar-refractivity contribution in [1.29, 1.82) is 0 Å². The number of anilines is 2. The number of sulfonamides is 1. The van der Waals surface area contributed by atoms with Crippen molar-refractivity contribution in [2.75, 3.05) is 49.5 Å². The van der Waals surface area contributed by atoms with E-state index in [4.69, 9.17) is 0 Å². The zero-order valence-electron chi connectivity index (χ0n) is 19.4. The Kier molecular flexibility index (Phi) is 7.92. The van der Waals surface area contributed by atoms with E-state index < -0.39 is 10.0 Å². The summed E-state index contributed by atoms with van der Waals surface area (Å²) in [5.74, 6) is -0.221. The summed E-state index contributed by atoms with van der Waals surface area (Å²) in [5, 5.41) is 2.90. The summed E-state index contributed by atoms with van der Waals surface area (Å²) in [6.45, 7) is 13.0. The van der Waals surface area contributed by atoms with E-state index in [1.807, 2.05) is 32.0 Å². The van der Waals surface area contributed by atoms with Crippen molar-refractivity contribution in [3.05, 3.63) is 53.1 Å². The number of aryl methyl sites for hydroxylation is 3. The highest BCUT2D eigenvalue weighted by molar-refractivity contribution is 7.89. The third-order valence-corrected chi connectivity index (χ3v) is 7.55. The van der Waals surface area contributed by atoms with Crippen LogP contribution in [-0.4, -0.2) is 58.5 Å². The van der Waals surface area contributed by atoms with Crippen molar-refractivity contribution >= 4 is 27.3 Å². The molecule has 1 aliphatic rings. The predicted octanol–water partition coefficient (Wildman–Crippen LogP) is 3.06. The average Bonchev–Trinajstić information content (AvgIpc) is 2.76. The van der Waals surface area contributed by atoms with Gasteiger partial charge in [-0.15, -0.1) is 0 Å². The third-order valence-electron chi connectivity index (χ3n) is 5.95. The van der Waals surface area contributed by atoms with E-state index in [9.17, 15) is 13.2 Å². The Morgan fingerprint density at radius 1 is 0.969 bits per heavy atom. The highest BCUT2D eigenvalue weighted by Gasteiger charge is 2.18. The van der Waals surface area contributed by atoms with Gasteiger partial charge in [-0.3, -0.25) is 4.79 Å². The van der Waals surface area contributed by atoms with Crippen LogP contribution in [0.1, 0.15) is 30.0 Å². The molecule has 2 aromatic rings. The number of nitrogens with one attached hydrogen (secondary N) is 2. The molecular weight excluding hydrogens is 424 g/mol. The molecule has 0 unspecified atom stereocenters. The summed E-state index contributed by atoms with van der Waals surface area (Å²) >= 11 is 0. The molecule has 0 atom stereocenters. The van der Waals surface area contributed by atoms with Crippen LogP contribution in [0.4, 0.5) is 11.4 Å². The summed E-state index contributed by atoms with van der Waals surface area (Å²) in [7, 11) is -3.65. The molecule has 8 heteroatoms. The molecule has 3 rings (SSSR count). The molecule has 0 spiro atoms. The normalized spacial score (nSPS) is 15.1. The molecule has 7 nitrogen and oxygen atoms in total. The topological polar surface area (TPSA) is 81.8 Å². The molecule has 0 aromatic heterocycles. The maximum Gasteiger partial charge on any atom is 0.240 e. The third kappa shape index (κ3) is 6.09. The zero-order chi connectivity index (χ0) is 23.3. The highest BCUT2D eigenvalue weighted by atomic mass is 32.2. The van der Waals surface area contributed by atoms with Gasteiger partial charge in [-0.1, -0.05) is 19.1 Å². The lowest BCUT2D eigenvalue weighted by Gasteiger charge is -2.35. The maximum absolute atomic E-state index is 12.6. The zero-order valence-corrected chi connectivity index (χ0v) is 20.3. The molecule has 0 saturated carbocycles. The molecule has 0 bridgehead atoms. The van der Waals surface area contributed by atoms with Gasteiger partial charge < -0.3 is 15.1 Å². The fourth-order valence-electron chi connectivity index (χ4n) is 3.89. The van der Waals surface area contributed by atoms with Crippen LogP contribution >= 0.6 is 0 Å². The number of amides is 1. The van der Waals surface area contributed by atoms with Crippen LogP contribution in [0.25, 0.3) is 0 Å². The van der Waals surface area contributed by atoms with Crippen LogP contribution in [-0.2, 0) is 14.8 Å². The van der Waals surface area contributed by atoms with E-state index >= 15 is 0 Å². The van der Waals surface area contributed by atoms with Crippen LogP contribution in [0.5, 0.6) is 0 Å². The minimum absolute atomic E-state index is 0.0420. The first-order valence-electron chi connectivity index (χ1n) is 11.1. The van der Waals surface area contributed by atoms with E-state index in [0.29, 0.717) is 5.56 Å². The number of carbonyl (C=O) groups excluding carboxylic acids is 1. The van der Waals surface area contributed by atoms with Crippen LogP contribution in [0.15, 0.2) is 41.3 Å². The molecule has 2 aromatic carbocycles. The van der Waals surface area contributed by atoms with Crippen LogP contribution in [0, 0.1) is 20.8 Å². The molecule has 1 heterocycles. The van der Waals surface area contributed by atoms with Crippen LogP contribution in [0.3, 0.4) is 0 Å². The van der Waals surface area contributed by atoms with Crippen molar-refractivity contribution in [2.45, 2.75) is 39.0 Å². The first-order chi connectivity index (χ1) is 15.2. The van der Waals surface area contributed by atoms with Crippen molar-refractivity contribution in [2.24, 2.45) is 0 Å². The second-order valence-electron chi connectivity index (χ2n) is 8.39. The second kappa shape index (κ2) is 10.5. The molecule has 1 aliphatic heterocycles. The van der Waals surface area contributed by atoms with Gasteiger partial charge in [0.15, 0.2) is 0 Å². The van der Waals surface area contributed by atoms with Crippen molar-refractivity contribution in [3.63, 3.8) is 0 Å². The number of rotatable bonds is 8. The summed E-state index contributed by atoms with van der Waals surface area (Å²) in [4.78, 5) is 17.5. The summed E-state index contributed by atoms with van der Waals surface area (Å²) < 4.78 is 27.7. The van der Waals surface area contributed by atoms with Crippen LogP contribution < -0.4 is 14.9 Å². The number of hydrogen-bond acceptors (Lipinski definition) is 5. The monoisotopic (exact) mass is 458 g/mol. The number of carbonyl (C=O) groups is 1. The smallest absolute Gasteiger partial charge is 0.240 e. The Hall–Kier alpha value is -2.42. The minimum Gasteiger partial charge on any atom is -0.369 e. The molecule has 174 valence electrons. The number of hydrogen-bond donors (Lipinski definition) is 2. The van der Waals surface area contributed by atoms with Crippen molar-refractivity contribution in [3.8, 4) is 0 Å². The van der Waals surface area contributed by atoms with Crippen LogP contribution in [0.2, 0.25) is 0 Å². The average molecular weight is 459 g/mol. The van der Waals surface area contributed by atoms with E-state index in [0.717, 1.165) is 55.2 Å². The van der Waals surface area contributed by atoms with Gasteiger partial charge in [-0.2, -0.15) is 0 Å².